The average molecular weight is 446 g/mol. The van der Waals surface area contributed by atoms with Gasteiger partial charge in [0.25, 0.3) is 15.9 Å². The van der Waals surface area contributed by atoms with Crippen LogP contribution in [0.1, 0.15) is 12.5 Å². The van der Waals surface area contributed by atoms with E-state index in [4.69, 9.17) is 0 Å². The highest BCUT2D eigenvalue weighted by Gasteiger charge is 2.39. The highest BCUT2D eigenvalue weighted by molar-refractivity contribution is 8.19. The molecule has 1 amide bonds. The minimum Gasteiger partial charge on any atom is -0.337 e. The van der Waals surface area contributed by atoms with Crippen molar-refractivity contribution in [3.63, 3.8) is 0 Å². The number of nitrogens with zero attached hydrogens (tertiary/aromatic N) is 3. The molecule has 1 fully saturated rings. The van der Waals surface area contributed by atoms with Gasteiger partial charge in [-0.15, -0.1) is 4.40 Å². The van der Waals surface area contributed by atoms with Gasteiger partial charge in [-0.25, -0.2) is 0 Å². The molecule has 4 rings (SSSR count). The summed E-state index contributed by atoms with van der Waals surface area (Å²) < 4.78 is 29.5. The normalized spacial score (nSPS) is 20.7. The molecule has 2 aliphatic heterocycles. The van der Waals surface area contributed by atoms with Crippen LogP contribution in [0.5, 0.6) is 0 Å². The van der Waals surface area contributed by atoms with Gasteiger partial charge in [0.2, 0.25) is 0 Å². The third-order valence-corrected chi connectivity index (χ3v) is 8.46. The number of para-hydroxylation sites is 1. The Morgan fingerprint density at radius 2 is 1.72 bits per heavy atom. The zero-order valence-electron chi connectivity index (χ0n) is 16.1. The largest absolute Gasteiger partial charge is 0.337 e. The monoisotopic (exact) mass is 445 g/mol. The zero-order valence-corrected chi connectivity index (χ0v) is 18.6. The van der Waals surface area contributed by atoms with Crippen LogP contribution in [0.3, 0.4) is 0 Å². The minimum absolute atomic E-state index is 0.112. The number of carbonyl (C=O) groups is 1. The summed E-state index contributed by atoms with van der Waals surface area (Å²) in [5, 5.41) is 0.975. The Morgan fingerprint density at radius 3 is 2.38 bits per heavy atom. The van der Waals surface area contributed by atoms with Gasteiger partial charge in [0.05, 0.1) is 15.6 Å². The first-order valence-corrected chi connectivity index (χ1v) is 12.1. The standard InChI is InChI=1S/C20H19N3O3S3/c1-4-23-18(24)17(19-22(3)15-7-5-6-8-16(15)27-19)28-20(23)21-29(25,26)14-11-9-13(2)10-12-14/h5-12H,4H2,1-3H3/b19-17+,21-20?. The van der Waals surface area contributed by atoms with Gasteiger partial charge in [-0.05, 0) is 49.9 Å². The Bertz CT molecular complexity index is 1150. The van der Waals surface area contributed by atoms with Crippen LogP contribution in [0.25, 0.3) is 0 Å². The number of hydrogen-bond acceptors (Lipinski definition) is 6. The maximum atomic E-state index is 13.0. The second-order valence-electron chi connectivity index (χ2n) is 6.58. The van der Waals surface area contributed by atoms with E-state index in [1.54, 1.807) is 19.1 Å². The molecule has 0 N–H and O–H groups in total. The Hall–Kier alpha value is -2.23. The molecule has 0 spiro atoms. The average Bonchev–Trinajstić information content (AvgIpc) is 3.18. The van der Waals surface area contributed by atoms with Crippen molar-refractivity contribution in [1.82, 2.24) is 4.90 Å². The molecule has 0 aromatic heterocycles. The topological polar surface area (TPSA) is 70.1 Å². The van der Waals surface area contributed by atoms with Crippen LogP contribution in [0.15, 0.2) is 72.7 Å². The second kappa shape index (κ2) is 7.55. The van der Waals surface area contributed by atoms with E-state index >= 15 is 0 Å². The second-order valence-corrected chi connectivity index (χ2v) is 10.2. The highest BCUT2D eigenvalue weighted by Crippen LogP contribution is 2.49. The van der Waals surface area contributed by atoms with Gasteiger partial charge in [0.15, 0.2) is 5.17 Å². The van der Waals surface area contributed by atoms with Crippen molar-refractivity contribution in [2.45, 2.75) is 23.6 Å². The van der Waals surface area contributed by atoms with Crippen LogP contribution in [0, 0.1) is 6.92 Å². The molecule has 0 radical (unpaired) electrons. The van der Waals surface area contributed by atoms with E-state index in [0.29, 0.717) is 11.4 Å². The first-order valence-electron chi connectivity index (χ1n) is 8.98. The quantitative estimate of drug-likeness (QED) is 0.664. The fourth-order valence-corrected chi connectivity index (χ4v) is 6.64. The predicted molar refractivity (Wildman–Crippen MR) is 119 cm³/mol. The van der Waals surface area contributed by atoms with Gasteiger partial charge in [-0.2, -0.15) is 8.42 Å². The van der Waals surface area contributed by atoms with Crippen LogP contribution in [-0.4, -0.2) is 38.0 Å². The van der Waals surface area contributed by atoms with E-state index < -0.39 is 10.0 Å². The lowest BCUT2D eigenvalue weighted by Crippen LogP contribution is -2.30. The number of rotatable bonds is 3. The molecule has 150 valence electrons. The Labute approximate surface area is 178 Å². The number of amidine groups is 1. The number of amides is 1. The minimum atomic E-state index is -3.91. The van der Waals surface area contributed by atoms with E-state index in [9.17, 15) is 13.2 Å². The highest BCUT2D eigenvalue weighted by atomic mass is 32.2. The van der Waals surface area contributed by atoms with Crippen molar-refractivity contribution in [2.24, 2.45) is 4.40 Å². The number of benzene rings is 2. The van der Waals surface area contributed by atoms with E-state index in [1.165, 1.54) is 28.8 Å². The van der Waals surface area contributed by atoms with Gasteiger partial charge in [0.1, 0.15) is 4.91 Å². The smallest absolute Gasteiger partial charge is 0.284 e. The summed E-state index contributed by atoms with van der Waals surface area (Å²) in [6.07, 6.45) is 0. The van der Waals surface area contributed by atoms with Crippen molar-refractivity contribution in [3.8, 4) is 0 Å². The summed E-state index contributed by atoms with van der Waals surface area (Å²) in [6, 6.07) is 14.4. The van der Waals surface area contributed by atoms with Gasteiger partial charge < -0.3 is 4.90 Å². The van der Waals surface area contributed by atoms with Crippen LogP contribution >= 0.6 is 23.5 Å². The summed E-state index contributed by atoms with van der Waals surface area (Å²) in [5.74, 6) is -0.225. The Kier molecular flexibility index (Phi) is 5.22. The molecule has 2 aromatic rings. The van der Waals surface area contributed by atoms with Crippen molar-refractivity contribution < 1.29 is 13.2 Å². The predicted octanol–water partition coefficient (Wildman–Crippen LogP) is 4.05. The number of carbonyl (C=O) groups excluding carboxylic acids is 1. The number of likely N-dealkylation sites (N-methyl/N-ethyl adjacent to an activating group) is 1. The molecule has 2 aromatic carbocycles. The number of hydrogen-bond donors (Lipinski definition) is 0. The molecule has 29 heavy (non-hydrogen) atoms. The molecule has 0 aliphatic carbocycles. The maximum Gasteiger partial charge on any atom is 0.284 e. The molecule has 2 aliphatic rings. The number of sulfonamides is 1. The lowest BCUT2D eigenvalue weighted by atomic mass is 10.2. The molecular formula is C20H19N3O3S3. The van der Waals surface area contributed by atoms with Crippen molar-refractivity contribution in [2.75, 3.05) is 18.5 Å². The molecule has 9 heteroatoms. The molecule has 0 bridgehead atoms. The van der Waals surface area contributed by atoms with Gasteiger partial charge in [-0.3, -0.25) is 9.69 Å². The third-order valence-electron chi connectivity index (χ3n) is 4.63. The fourth-order valence-electron chi connectivity index (χ4n) is 3.05. The molecular weight excluding hydrogens is 426 g/mol. The zero-order chi connectivity index (χ0) is 20.8. The van der Waals surface area contributed by atoms with Gasteiger partial charge in [0, 0.05) is 18.5 Å². The van der Waals surface area contributed by atoms with E-state index in [2.05, 4.69) is 4.40 Å². The molecule has 6 nitrogen and oxygen atoms in total. The lowest BCUT2D eigenvalue weighted by molar-refractivity contribution is -0.122. The number of thioether (sulfide) groups is 2. The maximum absolute atomic E-state index is 13.0. The summed E-state index contributed by atoms with van der Waals surface area (Å²) in [5.41, 5.74) is 1.99. The number of fused-ring (bicyclic) bond motifs is 1. The van der Waals surface area contributed by atoms with Crippen LogP contribution in [0.4, 0.5) is 5.69 Å². The van der Waals surface area contributed by atoms with E-state index in [1.807, 2.05) is 43.1 Å². The SMILES string of the molecule is CCN1C(=O)/C(=C2\Sc3ccccc3N2C)SC1=NS(=O)(=O)c1ccc(C)cc1. The summed E-state index contributed by atoms with van der Waals surface area (Å²) in [7, 11) is -2.00. The molecule has 2 heterocycles. The first-order chi connectivity index (χ1) is 13.8. The molecule has 0 saturated carbocycles. The Balaban J connectivity index is 1.73. The van der Waals surface area contributed by atoms with Crippen molar-refractivity contribution >= 4 is 50.3 Å². The third kappa shape index (κ3) is 3.58. The summed E-state index contributed by atoms with van der Waals surface area (Å²) >= 11 is 2.62. The lowest BCUT2D eigenvalue weighted by Gasteiger charge is -2.15. The molecule has 0 atom stereocenters. The molecule has 0 unspecified atom stereocenters. The van der Waals surface area contributed by atoms with E-state index in [0.717, 1.165) is 32.9 Å². The number of aryl methyl sites for hydroxylation is 1. The Morgan fingerprint density at radius 1 is 1.03 bits per heavy atom. The number of anilines is 1. The first kappa shape index (κ1) is 20.1. The van der Waals surface area contributed by atoms with Crippen LogP contribution < -0.4 is 4.90 Å². The van der Waals surface area contributed by atoms with Crippen molar-refractivity contribution in [3.05, 3.63) is 64.0 Å². The summed E-state index contributed by atoms with van der Waals surface area (Å²) in [6.45, 7) is 4.03. The van der Waals surface area contributed by atoms with Crippen LogP contribution in [0.2, 0.25) is 0 Å². The molecule has 1 saturated heterocycles. The van der Waals surface area contributed by atoms with Crippen LogP contribution in [-0.2, 0) is 14.8 Å². The van der Waals surface area contributed by atoms with Crippen molar-refractivity contribution in [1.29, 1.82) is 0 Å². The van der Waals surface area contributed by atoms with Gasteiger partial charge >= 0.3 is 0 Å². The fraction of sp³-hybridized carbons (Fsp3) is 0.200. The summed E-state index contributed by atoms with van der Waals surface area (Å²) in [4.78, 5) is 18.1. The van der Waals surface area contributed by atoms with E-state index in [-0.39, 0.29) is 16.0 Å². The van der Waals surface area contributed by atoms with Gasteiger partial charge in [-0.1, -0.05) is 41.6 Å².